The molecule has 0 saturated carbocycles. The van der Waals surface area contributed by atoms with Crippen molar-refractivity contribution < 1.29 is 14.3 Å². The lowest BCUT2D eigenvalue weighted by molar-refractivity contribution is -0.141. The molecule has 1 unspecified atom stereocenters. The topological polar surface area (TPSA) is 37.3 Å². The molecule has 0 spiro atoms. The Hall–Kier alpha value is -1.09. The number of halogens is 2. The Labute approximate surface area is 92.7 Å². The minimum absolute atomic E-state index is 0.0742. The first kappa shape index (κ1) is 12.0. The van der Waals surface area contributed by atoms with Crippen LogP contribution in [0.1, 0.15) is 18.1 Å². The number of carboxylic acid groups (broad SMARTS) is 1. The van der Waals surface area contributed by atoms with E-state index in [0.717, 1.165) is 5.56 Å². The summed E-state index contributed by atoms with van der Waals surface area (Å²) in [5.74, 6) is -1.83. The van der Waals surface area contributed by atoms with Crippen molar-refractivity contribution in [1.82, 2.24) is 0 Å². The molecule has 0 fully saturated rings. The second-order valence-electron chi connectivity index (χ2n) is 3.59. The van der Waals surface area contributed by atoms with E-state index in [9.17, 15) is 9.18 Å². The second kappa shape index (κ2) is 4.62. The Bertz CT molecular complexity index is 390. The van der Waals surface area contributed by atoms with Gasteiger partial charge in [0, 0.05) is 0 Å². The van der Waals surface area contributed by atoms with E-state index in [0.29, 0.717) is 12.0 Å². The molecular formula is C11H12ClFO2. The van der Waals surface area contributed by atoms with Gasteiger partial charge in [0.2, 0.25) is 0 Å². The smallest absolute Gasteiger partial charge is 0.306 e. The summed E-state index contributed by atoms with van der Waals surface area (Å²) in [5, 5.41) is 8.83. The zero-order valence-electron chi connectivity index (χ0n) is 8.55. The van der Waals surface area contributed by atoms with Crippen molar-refractivity contribution in [3.63, 3.8) is 0 Å². The molecule has 0 saturated heterocycles. The van der Waals surface area contributed by atoms with Gasteiger partial charge in [0.1, 0.15) is 5.82 Å². The van der Waals surface area contributed by atoms with Crippen LogP contribution >= 0.6 is 11.6 Å². The zero-order chi connectivity index (χ0) is 11.6. The highest BCUT2D eigenvalue weighted by atomic mass is 35.5. The van der Waals surface area contributed by atoms with E-state index in [1.807, 2.05) is 0 Å². The molecule has 0 heterocycles. The molecule has 0 aromatic heterocycles. The average molecular weight is 231 g/mol. The van der Waals surface area contributed by atoms with Gasteiger partial charge in [0.25, 0.3) is 0 Å². The fourth-order valence-corrected chi connectivity index (χ4v) is 1.51. The van der Waals surface area contributed by atoms with Crippen LogP contribution in [-0.2, 0) is 11.2 Å². The first-order chi connectivity index (χ1) is 6.93. The Kier molecular flexibility index (Phi) is 3.69. The van der Waals surface area contributed by atoms with E-state index in [-0.39, 0.29) is 5.02 Å². The fourth-order valence-electron chi connectivity index (χ4n) is 1.33. The molecule has 1 aromatic rings. The summed E-state index contributed by atoms with van der Waals surface area (Å²) in [6.07, 6.45) is 0.362. The molecule has 4 heteroatoms. The van der Waals surface area contributed by atoms with Crippen molar-refractivity contribution >= 4 is 17.6 Å². The SMILES string of the molecule is Cc1c(CC(C)C(=O)O)ccc(F)c1Cl. The Balaban J connectivity index is 2.97. The Morgan fingerprint density at radius 2 is 2.20 bits per heavy atom. The molecule has 1 N–H and O–H groups in total. The van der Waals surface area contributed by atoms with Gasteiger partial charge in [-0.25, -0.2) is 4.39 Å². The molecule has 0 amide bonds. The van der Waals surface area contributed by atoms with Crippen molar-refractivity contribution in [3.8, 4) is 0 Å². The minimum Gasteiger partial charge on any atom is -0.481 e. The van der Waals surface area contributed by atoms with Crippen LogP contribution in [0.5, 0.6) is 0 Å². The summed E-state index contributed by atoms with van der Waals surface area (Å²) in [6, 6.07) is 2.84. The first-order valence-corrected chi connectivity index (χ1v) is 4.97. The number of carbonyl (C=O) groups is 1. The standard InChI is InChI=1S/C11H12ClFO2/c1-6(11(14)15)5-8-3-4-9(13)10(12)7(8)2/h3-4,6H,5H2,1-2H3,(H,14,15). The van der Waals surface area contributed by atoms with Crippen LogP contribution in [0, 0.1) is 18.7 Å². The third-order valence-corrected chi connectivity index (χ3v) is 2.86. The molecule has 1 aromatic carbocycles. The normalized spacial score (nSPS) is 12.5. The number of aliphatic carboxylic acids is 1. The maximum Gasteiger partial charge on any atom is 0.306 e. The molecule has 0 bridgehead atoms. The molecule has 15 heavy (non-hydrogen) atoms. The maximum absolute atomic E-state index is 13.0. The van der Waals surface area contributed by atoms with Gasteiger partial charge in [-0.05, 0) is 30.5 Å². The molecule has 0 aliphatic heterocycles. The van der Waals surface area contributed by atoms with Crippen molar-refractivity contribution in [3.05, 3.63) is 34.1 Å². The van der Waals surface area contributed by atoms with Crippen molar-refractivity contribution in [2.24, 2.45) is 5.92 Å². The third-order valence-electron chi connectivity index (χ3n) is 2.40. The number of benzene rings is 1. The number of carboxylic acids is 1. The first-order valence-electron chi connectivity index (χ1n) is 4.59. The molecule has 0 aliphatic rings. The lowest BCUT2D eigenvalue weighted by Gasteiger charge is -2.10. The molecule has 0 radical (unpaired) electrons. The van der Waals surface area contributed by atoms with Crippen molar-refractivity contribution in [2.45, 2.75) is 20.3 Å². The van der Waals surface area contributed by atoms with Gasteiger partial charge >= 0.3 is 5.97 Å². The van der Waals surface area contributed by atoms with Crippen LogP contribution < -0.4 is 0 Å². The third kappa shape index (κ3) is 2.69. The Morgan fingerprint density at radius 1 is 1.60 bits per heavy atom. The van der Waals surface area contributed by atoms with Gasteiger partial charge in [-0.15, -0.1) is 0 Å². The van der Waals surface area contributed by atoms with Gasteiger partial charge in [-0.1, -0.05) is 24.6 Å². The van der Waals surface area contributed by atoms with Crippen LogP contribution in [0.2, 0.25) is 5.02 Å². The average Bonchev–Trinajstić information content (AvgIpc) is 2.18. The summed E-state index contributed by atoms with van der Waals surface area (Å²) >= 11 is 5.72. The van der Waals surface area contributed by atoms with Crippen LogP contribution in [0.15, 0.2) is 12.1 Å². The van der Waals surface area contributed by atoms with Crippen molar-refractivity contribution in [2.75, 3.05) is 0 Å². The summed E-state index contributed by atoms with van der Waals surface area (Å²) < 4.78 is 13.0. The summed E-state index contributed by atoms with van der Waals surface area (Å²) in [4.78, 5) is 10.7. The number of hydrogen-bond donors (Lipinski definition) is 1. The van der Waals surface area contributed by atoms with Crippen LogP contribution in [0.3, 0.4) is 0 Å². The number of rotatable bonds is 3. The molecule has 1 atom stereocenters. The lowest BCUT2D eigenvalue weighted by Crippen LogP contribution is -2.13. The summed E-state index contributed by atoms with van der Waals surface area (Å²) in [7, 11) is 0. The minimum atomic E-state index is -0.866. The van der Waals surface area contributed by atoms with Crippen LogP contribution in [0.25, 0.3) is 0 Å². The summed E-state index contributed by atoms with van der Waals surface area (Å²) in [5.41, 5.74) is 1.39. The maximum atomic E-state index is 13.0. The van der Waals surface area contributed by atoms with Gasteiger partial charge < -0.3 is 5.11 Å². The predicted octanol–water partition coefficient (Wildman–Crippen LogP) is 3.05. The van der Waals surface area contributed by atoms with E-state index < -0.39 is 17.7 Å². The van der Waals surface area contributed by atoms with E-state index in [1.54, 1.807) is 19.9 Å². The van der Waals surface area contributed by atoms with Gasteiger partial charge in [0.15, 0.2) is 0 Å². The molecule has 2 nitrogen and oxygen atoms in total. The number of hydrogen-bond acceptors (Lipinski definition) is 1. The van der Waals surface area contributed by atoms with Crippen LogP contribution in [-0.4, -0.2) is 11.1 Å². The highest BCUT2D eigenvalue weighted by molar-refractivity contribution is 6.31. The highest BCUT2D eigenvalue weighted by Crippen LogP contribution is 2.24. The van der Waals surface area contributed by atoms with Crippen LogP contribution in [0.4, 0.5) is 4.39 Å². The van der Waals surface area contributed by atoms with Crippen molar-refractivity contribution in [1.29, 1.82) is 0 Å². The monoisotopic (exact) mass is 230 g/mol. The lowest BCUT2D eigenvalue weighted by atomic mass is 9.97. The predicted molar refractivity (Wildman–Crippen MR) is 56.7 cm³/mol. The molecule has 0 aliphatic carbocycles. The van der Waals surface area contributed by atoms with Gasteiger partial charge in [0.05, 0.1) is 10.9 Å². The summed E-state index contributed by atoms with van der Waals surface area (Å²) in [6.45, 7) is 3.30. The Morgan fingerprint density at radius 3 is 2.73 bits per heavy atom. The fraction of sp³-hybridized carbons (Fsp3) is 0.364. The van der Waals surface area contributed by atoms with E-state index in [1.165, 1.54) is 6.07 Å². The second-order valence-corrected chi connectivity index (χ2v) is 3.97. The zero-order valence-corrected chi connectivity index (χ0v) is 9.31. The molecule has 82 valence electrons. The van der Waals surface area contributed by atoms with E-state index in [4.69, 9.17) is 16.7 Å². The quantitative estimate of drug-likeness (QED) is 0.867. The van der Waals surface area contributed by atoms with Gasteiger partial charge in [-0.2, -0.15) is 0 Å². The van der Waals surface area contributed by atoms with E-state index >= 15 is 0 Å². The highest BCUT2D eigenvalue weighted by Gasteiger charge is 2.15. The largest absolute Gasteiger partial charge is 0.481 e. The molecular weight excluding hydrogens is 219 g/mol. The molecule has 1 rings (SSSR count). The van der Waals surface area contributed by atoms with Gasteiger partial charge in [-0.3, -0.25) is 4.79 Å². The van der Waals surface area contributed by atoms with E-state index in [2.05, 4.69) is 0 Å².